The topological polar surface area (TPSA) is 35.2 Å². The summed E-state index contributed by atoms with van der Waals surface area (Å²) in [6.07, 6.45) is 5.91. The zero-order valence-corrected chi connectivity index (χ0v) is 12.8. The smallest absolute Gasteiger partial charge is 0.127 e. The maximum atomic E-state index is 6.75. The fraction of sp³-hybridized carbons (Fsp3) is 0.647. The van der Waals surface area contributed by atoms with Crippen molar-refractivity contribution in [2.24, 2.45) is 5.73 Å². The highest BCUT2D eigenvalue weighted by Crippen LogP contribution is 2.43. The van der Waals surface area contributed by atoms with Crippen LogP contribution in [-0.2, 0) is 5.54 Å². The van der Waals surface area contributed by atoms with Crippen LogP contribution in [0.3, 0.4) is 0 Å². The Morgan fingerprint density at radius 3 is 2.32 bits per heavy atom. The first-order valence-corrected chi connectivity index (χ1v) is 7.46. The Bertz CT molecular complexity index is 445. The molecule has 0 atom stereocenters. The summed E-state index contributed by atoms with van der Waals surface area (Å²) < 4.78 is 5.76. The van der Waals surface area contributed by atoms with Crippen LogP contribution < -0.4 is 10.5 Å². The largest absolute Gasteiger partial charge is 0.496 e. The lowest BCUT2D eigenvalue weighted by Crippen LogP contribution is -2.39. The van der Waals surface area contributed by atoms with E-state index >= 15 is 0 Å². The lowest BCUT2D eigenvalue weighted by atomic mass is 9.74. The first-order valence-electron chi connectivity index (χ1n) is 7.46. The van der Waals surface area contributed by atoms with Gasteiger partial charge in [0.2, 0.25) is 0 Å². The van der Waals surface area contributed by atoms with E-state index in [1.807, 2.05) is 0 Å². The molecular formula is C17H27NO. The molecule has 106 valence electrons. The number of hydrogen-bond donors (Lipinski definition) is 1. The van der Waals surface area contributed by atoms with Crippen molar-refractivity contribution in [3.05, 3.63) is 28.8 Å². The maximum Gasteiger partial charge on any atom is 0.127 e. The Morgan fingerprint density at radius 1 is 1.16 bits per heavy atom. The number of ether oxygens (including phenoxy) is 1. The highest BCUT2D eigenvalue weighted by atomic mass is 16.5. The van der Waals surface area contributed by atoms with Crippen LogP contribution in [-0.4, -0.2) is 7.11 Å². The third-order valence-corrected chi connectivity index (χ3v) is 4.47. The molecule has 0 spiro atoms. The Morgan fingerprint density at radius 2 is 1.79 bits per heavy atom. The van der Waals surface area contributed by atoms with Gasteiger partial charge in [-0.15, -0.1) is 0 Å². The van der Waals surface area contributed by atoms with E-state index < -0.39 is 0 Å². The highest BCUT2D eigenvalue weighted by Gasteiger charge is 2.34. The third-order valence-electron chi connectivity index (χ3n) is 4.47. The lowest BCUT2D eigenvalue weighted by molar-refractivity contribution is 0.286. The average molecular weight is 261 g/mol. The van der Waals surface area contributed by atoms with E-state index in [2.05, 4.69) is 32.9 Å². The van der Waals surface area contributed by atoms with Crippen molar-refractivity contribution in [2.75, 3.05) is 7.11 Å². The van der Waals surface area contributed by atoms with Crippen molar-refractivity contribution in [3.63, 3.8) is 0 Å². The van der Waals surface area contributed by atoms with Gasteiger partial charge in [-0.25, -0.2) is 0 Å². The SMILES string of the molecule is COc1c(C(C)C)ccc(C)c1C1(N)CCCCC1. The van der Waals surface area contributed by atoms with E-state index in [1.54, 1.807) is 7.11 Å². The summed E-state index contributed by atoms with van der Waals surface area (Å²) in [5, 5.41) is 0. The van der Waals surface area contributed by atoms with Gasteiger partial charge in [-0.2, -0.15) is 0 Å². The second-order valence-electron chi connectivity index (χ2n) is 6.25. The lowest BCUT2D eigenvalue weighted by Gasteiger charge is -2.37. The van der Waals surface area contributed by atoms with Gasteiger partial charge < -0.3 is 10.5 Å². The molecule has 0 unspecified atom stereocenters. The number of rotatable bonds is 3. The molecule has 0 aromatic heterocycles. The molecule has 0 aliphatic heterocycles. The molecule has 2 heteroatoms. The van der Waals surface area contributed by atoms with E-state index in [0.29, 0.717) is 5.92 Å². The summed E-state index contributed by atoms with van der Waals surface area (Å²) >= 11 is 0. The first kappa shape index (κ1) is 14.4. The molecule has 19 heavy (non-hydrogen) atoms. The molecule has 1 aromatic rings. The summed E-state index contributed by atoms with van der Waals surface area (Å²) in [5.74, 6) is 1.49. The molecule has 1 saturated carbocycles. The molecule has 0 heterocycles. The molecule has 0 amide bonds. The summed E-state index contributed by atoms with van der Waals surface area (Å²) in [6.45, 7) is 6.58. The monoisotopic (exact) mass is 261 g/mol. The fourth-order valence-corrected chi connectivity index (χ4v) is 3.42. The number of methoxy groups -OCH3 is 1. The number of hydrogen-bond acceptors (Lipinski definition) is 2. The molecule has 1 aliphatic carbocycles. The quantitative estimate of drug-likeness (QED) is 0.883. The van der Waals surface area contributed by atoms with Crippen LogP contribution in [0.4, 0.5) is 0 Å². The van der Waals surface area contributed by atoms with Gasteiger partial charge in [-0.05, 0) is 36.8 Å². The fourth-order valence-electron chi connectivity index (χ4n) is 3.42. The maximum absolute atomic E-state index is 6.75. The molecule has 0 saturated heterocycles. The second kappa shape index (κ2) is 5.54. The van der Waals surface area contributed by atoms with Crippen LogP contribution in [0.1, 0.15) is 68.6 Å². The van der Waals surface area contributed by atoms with Crippen LogP contribution in [0.2, 0.25) is 0 Å². The van der Waals surface area contributed by atoms with Gasteiger partial charge >= 0.3 is 0 Å². The van der Waals surface area contributed by atoms with Crippen LogP contribution >= 0.6 is 0 Å². The molecule has 2 nitrogen and oxygen atoms in total. The van der Waals surface area contributed by atoms with Crippen molar-refractivity contribution in [3.8, 4) is 5.75 Å². The van der Waals surface area contributed by atoms with Crippen molar-refractivity contribution >= 4 is 0 Å². The van der Waals surface area contributed by atoms with Crippen molar-refractivity contribution in [1.82, 2.24) is 0 Å². The molecule has 0 radical (unpaired) electrons. The Balaban J connectivity index is 2.57. The normalized spacial score (nSPS) is 18.6. The Hall–Kier alpha value is -1.02. The zero-order chi connectivity index (χ0) is 14.0. The van der Waals surface area contributed by atoms with Crippen LogP contribution in [0.15, 0.2) is 12.1 Å². The third kappa shape index (κ3) is 2.64. The van der Waals surface area contributed by atoms with E-state index in [9.17, 15) is 0 Å². The van der Waals surface area contributed by atoms with Gasteiger partial charge in [0.15, 0.2) is 0 Å². The minimum absolute atomic E-state index is 0.196. The summed E-state index contributed by atoms with van der Waals surface area (Å²) in [5.41, 5.74) is 10.3. The minimum Gasteiger partial charge on any atom is -0.496 e. The molecule has 1 fully saturated rings. The van der Waals surface area contributed by atoms with Gasteiger partial charge in [-0.3, -0.25) is 0 Å². The van der Waals surface area contributed by atoms with E-state index in [1.165, 1.54) is 36.0 Å². The number of benzene rings is 1. The molecule has 2 rings (SSSR count). The van der Waals surface area contributed by atoms with Gasteiger partial charge in [0, 0.05) is 11.1 Å². The Labute approximate surface area is 117 Å². The molecule has 0 bridgehead atoms. The van der Waals surface area contributed by atoms with Crippen molar-refractivity contribution < 1.29 is 4.74 Å². The van der Waals surface area contributed by atoms with Crippen molar-refractivity contribution in [1.29, 1.82) is 0 Å². The molecule has 2 N–H and O–H groups in total. The predicted molar refractivity (Wildman–Crippen MR) is 80.8 cm³/mol. The average Bonchev–Trinajstić information content (AvgIpc) is 2.38. The van der Waals surface area contributed by atoms with Crippen LogP contribution in [0, 0.1) is 6.92 Å². The zero-order valence-electron chi connectivity index (χ0n) is 12.8. The summed E-state index contributed by atoms with van der Waals surface area (Å²) in [7, 11) is 1.77. The molecule has 1 aliphatic rings. The van der Waals surface area contributed by atoms with Gasteiger partial charge in [-0.1, -0.05) is 45.2 Å². The Kier molecular flexibility index (Phi) is 4.19. The highest BCUT2D eigenvalue weighted by molar-refractivity contribution is 5.51. The van der Waals surface area contributed by atoms with Crippen molar-refractivity contribution in [2.45, 2.75) is 64.3 Å². The summed E-state index contributed by atoms with van der Waals surface area (Å²) in [6, 6.07) is 4.39. The number of nitrogens with two attached hydrogens (primary N) is 1. The molecular weight excluding hydrogens is 234 g/mol. The van der Waals surface area contributed by atoms with Crippen LogP contribution in [0.5, 0.6) is 5.75 Å². The first-order chi connectivity index (χ1) is 8.99. The second-order valence-corrected chi connectivity index (χ2v) is 6.25. The van der Waals surface area contributed by atoms with Gasteiger partial charge in [0.05, 0.1) is 7.11 Å². The predicted octanol–water partition coefficient (Wildman–Crippen LogP) is 4.25. The van der Waals surface area contributed by atoms with E-state index in [0.717, 1.165) is 18.6 Å². The van der Waals surface area contributed by atoms with E-state index in [-0.39, 0.29) is 5.54 Å². The van der Waals surface area contributed by atoms with Crippen LogP contribution in [0.25, 0.3) is 0 Å². The standard InChI is InChI=1S/C17H27NO/c1-12(2)14-9-8-13(3)15(16(14)19-4)17(18)10-6-5-7-11-17/h8-9,12H,5-7,10-11,18H2,1-4H3. The van der Waals surface area contributed by atoms with Gasteiger partial charge in [0.1, 0.15) is 5.75 Å². The molecule has 1 aromatic carbocycles. The van der Waals surface area contributed by atoms with Gasteiger partial charge in [0.25, 0.3) is 0 Å². The summed E-state index contributed by atoms with van der Waals surface area (Å²) in [4.78, 5) is 0. The van der Waals surface area contributed by atoms with E-state index in [4.69, 9.17) is 10.5 Å². The minimum atomic E-state index is -0.196. The number of aryl methyl sites for hydroxylation is 1.